The zero-order valence-electron chi connectivity index (χ0n) is 47.9. The molecular weight excluding hydrogens is 1070 g/mol. The first-order valence-electron chi connectivity index (χ1n) is 27.4. The highest BCUT2D eigenvalue weighted by Crippen LogP contribution is 2.32. The van der Waals surface area contributed by atoms with Crippen molar-refractivity contribution in [2.75, 3.05) is 92.0 Å². The number of ether oxygens (including phenoxy) is 7. The Bertz CT molecular complexity index is 2610. The molecule has 0 saturated carbocycles. The standard InChI is InChI=1S/C58H79N5O13.CH4O3S/c1-8-25-70-28-29-72-30-31-73-32-33-74-52-37-46(20-22-51(52)76-43(6)64)38-63(23-26-71-27-24-63)39-53(65)59-47(21-19-44-15-11-9-12-16-44)55(67)61-49(35-42(4)5)56(68)62-50(36-45-17-13-10-14-18-45)57(69)60-48(34-41(2)3)54(66)58(7)40-75-58;1-5(2,3)4/h1,9-18,20,22,37,41-42,47-50H,19,21,23-36,38-40H2,2-7H3,(H3-,59,60,61,62,65,67,68,69);1H3,(H,2,3,4)/t47?,48?,49?,50?,58-;/m1./s1. The van der Waals surface area contributed by atoms with E-state index in [0.29, 0.717) is 88.6 Å². The number of hydrogen-bond acceptors (Lipinski definition) is 16. The van der Waals surface area contributed by atoms with Crippen molar-refractivity contribution in [2.24, 2.45) is 11.8 Å². The van der Waals surface area contributed by atoms with Crippen molar-refractivity contribution in [2.45, 2.75) is 110 Å². The van der Waals surface area contributed by atoms with Gasteiger partial charge in [-0.15, -0.1) is 6.42 Å². The van der Waals surface area contributed by atoms with Crippen LogP contribution in [0.5, 0.6) is 11.5 Å². The fourth-order valence-corrected chi connectivity index (χ4v) is 8.94. The molecule has 2 heterocycles. The first-order valence-corrected chi connectivity index (χ1v) is 29.2. The molecule has 0 bridgehead atoms. The average molecular weight is 1150 g/mol. The van der Waals surface area contributed by atoms with E-state index in [-0.39, 0.29) is 81.5 Å². The molecule has 2 fully saturated rings. The van der Waals surface area contributed by atoms with Gasteiger partial charge < -0.3 is 63.5 Å². The second-order valence-corrected chi connectivity index (χ2v) is 22.7. The van der Waals surface area contributed by atoms with Gasteiger partial charge in [0.05, 0.1) is 69.0 Å². The summed E-state index contributed by atoms with van der Waals surface area (Å²) >= 11 is 0. The SMILES string of the molecule is C#CCOCCOCCOCCOc1cc(C[N+]2(CC(=O)NC(CCc3ccccc3)C(=O)NC(CC(C)C)C(=O)NC(Cc3ccccc3)C(=O)NC(CC(C)C)C(=O)[C@@]3(C)CO3)CCOCC2)ccc1OC(C)=O.CS(=O)(=O)[O-]. The number of ketones is 1. The van der Waals surface area contributed by atoms with Crippen LogP contribution in [0.3, 0.4) is 0 Å². The Morgan fingerprint density at radius 2 is 1.22 bits per heavy atom. The summed E-state index contributed by atoms with van der Waals surface area (Å²) in [5.74, 6) is 0.233. The highest BCUT2D eigenvalue weighted by molar-refractivity contribution is 7.84. The van der Waals surface area contributed by atoms with Gasteiger partial charge in [0.2, 0.25) is 17.7 Å². The van der Waals surface area contributed by atoms with E-state index in [1.165, 1.54) is 6.92 Å². The average Bonchev–Trinajstić information content (AvgIpc) is 4.22. The number of morpholine rings is 1. The minimum Gasteiger partial charge on any atom is -0.748 e. The Labute approximate surface area is 477 Å². The van der Waals surface area contributed by atoms with Crippen LogP contribution in [0.4, 0.5) is 0 Å². The van der Waals surface area contributed by atoms with Crippen LogP contribution in [0.2, 0.25) is 0 Å². The van der Waals surface area contributed by atoms with Crippen LogP contribution in [0.15, 0.2) is 78.9 Å². The molecular formula is C59H83N5O16S. The smallest absolute Gasteiger partial charge is 0.308 e. The summed E-state index contributed by atoms with van der Waals surface area (Å²) < 4.78 is 66.7. The highest BCUT2D eigenvalue weighted by atomic mass is 32.2. The summed E-state index contributed by atoms with van der Waals surface area (Å²) in [6, 6.07) is 20.1. The van der Waals surface area contributed by atoms with Crippen LogP contribution in [0.1, 0.15) is 77.5 Å². The summed E-state index contributed by atoms with van der Waals surface area (Å²) in [4.78, 5) is 83.4. The van der Waals surface area contributed by atoms with Crippen molar-refractivity contribution in [3.63, 3.8) is 0 Å². The van der Waals surface area contributed by atoms with E-state index in [2.05, 4.69) is 27.2 Å². The maximum atomic E-state index is 14.6. The number of carbonyl (C=O) groups excluding carboxylic acids is 6. The Kier molecular flexibility index (Phi) is 28.4. The second kappa shape index (κ2) is 34.2. The summed E-state index contributed by atoms with van der Waals surface area (Å²) in [6.07, 6.45) is 7.21. The number of terminal acetylenes is 1. The van der Waals surface area contributed by atoms with Gasteiger partial charge in [0.1, 0.15) is 56.6 Å². The van der Waals surface area contributed by atoms with E-state index in [1.54, 1.807) is 19.1 Å². The number of hydrogen-bond donors (Lipinski definition) is 4. The third-order valence-corrected chi connectivity index (χ3v) is 13.0. The molecule has 0 aliphatic carbocycles. The van der Waals surface area contributed by atoms with Crippen LogP contribution in [0, 0.1) is 24.2 Å². The largest absolute Gasteiger partial charge is 0.748 e. The molecule has 5 atom stereocenters. The van der Waals surface area contributed by atoms with Gasteiger partial charge in [-0.3, -0.25) is 28.8 Å². The van der Waals surface area contributed by atoms with Crippen molar-refractivity contribution in [1.82, 2.24) is 21.3 Å². The number of benzene rings is 3. The molecule has 0 aromatic heterocycles. The number of nitrogens with one attached hydrogen (secondary N) is 4. The zero-order chi connectivity index (χ0) is 59.4. The van der Waals surface area contributed by atoms with E-state index >= 15 is 0 Å². The number of epoxide rings is 1. The summed E-state index contributed by atoms with van der Waals surface area (Å²) in [5.41, 5.74) is 1.59. The number of amides is 4. The van der Waals surface area contributed by atoms with Gasteiger partial charge in [0.25, 0.3) is 5.91 Å². The molecule has 5 rings (SSSR count). The highest BCUT2D eigenvalue weighted by Gasteiger charge is 2.50. The lowest BCUT2D eigenvalue weighted by molar-refractivity contribution is -0.940. The molecule has 4 amide bonds. The number of nitrogens with zero attached hydrogens (tertiary/aromatic N) is 1. The molecule has 22 heteroatoms. The van der Waals surface area contributed by atoms with E-state index in [1.807, 2.05) is 94.4 Å². The van der Waals surface area contributed by atoms with Crippen LogP contribution >= 0.6 is 0 Å². The fraction of sp³-hybridized carbons (Fsp3) is 0.559. The summed E-state index contributed by atoms with van der Waals surface area (Å²) in [7, 11) is -3.92. The molecule has 81 heavy (non-hydrogen) atoms. The molecule has 2 aliphatic heterocycles. The van der Waals surface area contributed by atoms with Crippen molar-refractivity contribution in [3.8, 4) is 23.8 Å². The number of quaternary nitrogens is 1. The Morgan fingerprint density at radius 1 is 0.704 bits per heavy atom. The minimum atomic E-state index is -3.92. The lowest BCUT2D eigenvalue weighted by Crippen LogP contribution is -2.61. The van der Waals surface area contributed by atoms with Crippen LogP contribution in [-0.2, 0) is 82.0 Å². The molecule has 0 radical (unpaired) electrons. The van der Waals surface area contributed by atoms with Crippen LogP contribution in [0.25, 0.3) is 0 Å². The van der Waals surface area contributed by atoms with Crippen LogP contribution < -0.4 is 30.7 Å². The molecule has 0 spiro atoms. The van der Waals surface area contributed by atoms with Crippen molar-refractivity contribution in [3.05, 3.63) is 95.6 Å². The molecule has 3 aromatic carbocycles. The predicted octanol–water partition coefficient (Wildman–Crippen LogP) is 3.45. The molecule has 3 aromatic rings. The van der Waals surface area contributed by atoms with E-state index in [4.69, 9.17) is 52.6 Å². The van der Waals surface area contributed by atoms with Gasteiger partial charge in [0.15, 0.2) is 23.8 Å². The zero-order valence-corrected chi connectivity index (χ0v) is 48.7. The quantitative estimate of drug-likeness (QED) is 0.0127. The number of esters is 1. The Morgan fingerprint density at radius 3 is 1.79 bits per heavy atom. The van der Waals surface area contributed by atoms with E-state index in [9.17, 15) is 28.8 Å². The molecule has 4 unspecified atom stereocenters. The summed E-state index contributed by atoms with van der Waals surface area (Å²) in [5, 5.41) is 11.9. The van der Waals surface area contributed by atoms with Crippen molar-refractivity contribution in [1.29, 1.82) is 0 Å². The predicted molar refractivity (Wildman–Crippen MR) is 300 cm³/mol. The monoisotopic (exact) mass is 1150 g/mol. The van der Waals surface area contributed by atoms with Gasteiger partial charge in [-0.25, -0.2) is 8.42 Å². The second-order valence-electron chi connectivity index (χ2n) is 21.3. The topological polar surface area (TPSA) is 276 Å². The van der Waals surface area contributed by atoms with E-state index in [0.717, 1.165) is 16.7 Å². The van der Waals surface area contributed by atoms with Gasteiger partial charge in [-0.1, -0.05) is 94.3 Å². The summed E-state index contributed by atoms with van der Waals surface area (Å²) in [6.45, 7) is 15.3. The lowest BCUT2D eigenvalue weighted by atomic mass is 9.93. The molecule has 2 aliphatic rings. The van der Waals surface area contributed by atoms with Gasteiger partial charge in [-0.2, -0.15) is 0 Å². The number of carbonyl (C=O) groups is 6. The number of Topliss-reactive ketones (excluding diaryl/α,β-unsaturated/α-hetero) is 1. The maximum Gasteiger partial charge on any atom is 0.308 e. The number of aryl methyl sites for hydroxylation is 1. The first-order chi connectivity index (χ1) is 38.5. The number of rotatable bonds is 34. The van der Waals surface area contributed by atoms with Crippen molar-refractivity contribution >= 4 is 45.5 Å². The maximum absolute atomic E-state index is 14.6. The third kappa shape index (κ3) is 26.4. The molecule has 4 N–H and O–H groups in total. The van der Waals surface area contributed by atoms with Crippen molar-refractivity contribution < 1.29 is 79.4 Å². The molecule has 2 saturated heterocycles. The van der Waals surface area contributed by atoms with E-state index < -0.39 is 63.6 Å². The fourth-order valence-electron chi connectivity index (χ4n) is 8.94. The molecule has 446 valence electrons. The van der Waals surface area contributed by atoms with Gasteiger partial charge >= 0.3 is 5.97 Å². The first kappa shape index (κ1) is 67.2. The van der Waals surface area contributed by atoms with Gasteiger partial charge in [0, 0.05) is 25.2 Å². The third-order valence-electron chi connectivity index (χ3n) is 13.0. The minimum absolute atomic E-state index is 0.00405. The van der Waals surface area contributed by atoms with Crippen LogP contribution in [-0.4, -0.2) is 175 Å². The van der Waals surface area contributed by atoms with Gasteiger partial charge in [-0.05, 0) is 73.8 Å². The molecule has 21 nitrogen and oxygen atoms in total. The Hall–Kier alpha value is -6.29. The Balaban J connectivity index is 0.00000270. The lowest BCUT2D eigenvalue weighted by Gasteiger charge is -2.41. The normalized spacial score (nSPS) is 17.0.